The summed E-state index contributed by atoms with van der Waals surface area (Å²) < 4.78 is 4.89. The predicted octanol–water partition coefficient (Wildman–Crippen LogP) is 1.47. The standard InChI is InChI=1S/C10H18N2O/c1-4-5-6-10(2,9-11)12-7-8-13-3/h4,12H,1,5-8H2,2-3H3. The fraction of sp³-hybridized carbons (Fsp3) is 0.700. The molecule has 74 valence electrons. The zero-order valence-electron chi connectivity index (χ0n) is 8.47. The van der Waals surface area contributed by atoms with Gasteiger partial charge in [-0.25, -0.2) is 0 Å². The van der Waals surface area contributed by atoms with Gasteiger partial charge < -0.3 is 4.74 Å². The normalized spacial score (nSPS) is 14.5. The summed E-state index contributed by atoms with van der Waals surface area (Å²) in [5, 5.41) is 12.1. The van der Waals surface area contributed by atoms with Crippen molar-refractivity contribution in [3.05, 3.63) is 12.7 Å². The maximum absolute atomic E-state index is 8.92. The van der Waals surface area contributed by atoms with Crippen molar-refractivity contribution in [2.45, 2.75) is 25.3 Å². The Morgan fingerprint density at radius 3 is 2.85 bits per heavy atom. The zero-order valence-corrected chi connectivity index (χ0v) is 8.47. The van der Waals surface area contributed by atoms with E-state index < -0.39 is 5.54 Å². The lowest BCUT2D eigenvalue weighted by Crippen LogP contribution is -2.42. The van der Waals surface area contributed by atoms with Crippen molar-refractivity contribution in [3.63, 3.8) is 0 Å². The van der Waals surface area contributed by atoms with Crippen LogP contribution in [0.2, 0.25) is 0 Å². The van der Waals surface area contributed by atoms with Gasteiger partial charge in [0.05, 0.1) is 12.7 Å². The van der Waals surface area contributed by atoms with Crippen LogP contribution in [0.4, 0.5) is 0 Å². The van der Waals surface area contributed by atoms with Crippen molar-refractivity contribution in [1.82, 2.24) is 5.32 Å². The smallest absolute Gasteiger partial charge is 0.104 e. The van der Waals surface area contributed by atoms with Crippen molar-refractivity contribution in [2.24, 2.45) is 0 Å². The first-order valence-electron chi connectivity index (χ1n) is 4.44. The Hall–Kier alpha value is -0.850. The maximum atomic E-state index is 8.92. The van der Waals surface area contributed by atoms with E-state index in [1.807, 2.05) is 13.0 Å². The molecule has 13 heavy (non-hydrogen) atoms. The molecule has 0 saturated heterocycles. The first-order chi connectivity index (χ1) is 6.18. The third kappa shape index (κ3) is 5.40. The lowest BCUT2D eigenvalue weighted by atomic mass is 9.98. The molecule has 1 unspecified atom stereocenters. The SMILES string of the molecule is C=CCCC(C)(C#N)NCCOC. The van der Waals surface area contributed by atoms with Gasteiger partial charge in [-0.1, -0.05) is 6.08 Å². The van der Waals surface area contributed by atoms with Crippen LogP contribution in [-0.2, 0) is 4.74 Å². The van der Waals surface area contributed by atoms with Crippen molar-refractivity contribution in [2.75, 3.05) is 20.3 Å². The molecule has 0 aromatic carbocycles. The van der Waals surface area contributed by atoms with Crippen LogP contribution in [0.3, 0.4) is 0 Å². The number of nitrogens with zero attached hydrogens (tertiary/aromatic N) is 1. The second-order valence-corrected chi connectivity index (χ2v) is 3.19. The largest absolute Gasteiger partial charge is 0.383 e. The topological polar surface area (TPSA) is 45.0 Å². The number of ether oxygens (including phenoxy) is 1. The summed E-state index contributed by atoms with van der Waals surface area (Å²) in [7, 11) is 1.65. The molecule has 0 fully saturated rings. The van der Waals surface area contributed by atoms with Crippen LogP contribution in [0.15, 0.2) is 12.7 Å². The monoisotopic (exact) mass is 182 g/mol. The van der Waals surface area contributed by atoms with Gasteiger partial charge in [0.1, 0.15) is 5.54 Å². The van der Waals surface area contributed by atoms with E-state index in [1.165, 1.54) is 0 Å². The van der Waals surface area contributed by atoms with Gasteiger partial charge in [0.25, 0.3) is 0 Å². The fourth-order valence-electron chi connectivity index (χ4n) is 1.00. The van der Waals surface area contributed by atoms with E-state index in [1.54, 1.807) is 7.11 Å². The predicted molar refractivity (Wildman–Crippen MR) is 53.3 cm³/mol. The third-order valence-electron chi connectivity index (χ3n) is 1.92. The molecule has 0 bridgehead atoms. The highest BCUT2D eigenvalue weighted by atomic mass is 16.5. The highest BCUT2D eigenvalue weighted by molar-refractivity contribution is 5.04. The average Bonchev–Trinajstić information content (AvgIpc) is 2.15. The minimum absolute atomic E-state index is 0.452. The maximum Gasteiger partial charge on any atom is 0.104 e. The zero-order chi connectivity index (χ0) is 10.2. The number of hydrogen-bond acceptors (Lipinski definition) is 3. The van der Waals surface area contributed by atoms with E-state index in [9.17, 15) is 0 Å². The molecule has 0 aromatic heterocycles. The van der Waals surface area contributed by atoms with E-state index in [4.69, 9.17) is 10.00 Å². The first kappa shape index (κ1) is 12.2. The lowest BCUT2D eigenvalue weighted by Gasteiger charge is -2.22. The molecule has 0 aliphatic carbocycles. The Labute approximate surface area is 80.4 Å². The van der Waals surface area contributed by atoms with E-state index in [0.717, 1.165) is 12.8 Å². The highest BCUT2D eigenvalue weighted by Crippen LogP contribution is 2.10. The fourth-order valence-corrected chi connectivity index (χ4v) is 1.00. The Morgan fingerprint density at radius 2 is 2.38 bits per heavy atom. The molecule has 0 spiro atoms. The first-order valence-corrected chi connectivity index (χ1v) is 4.44. The van der Waals surface area contributed by atoms with E-state index in [-0.39, 0.29) is 0 Å². The Bertz CT molecular complexity index is 186. The molecule has 1 atom stereocenters. The Kier molecular flexibility index (Phi) is 6.21. The van der Waals surface area contributed by atoms with Crippen LogP contribution < -0.4 is 5.32 Å². The van der Waals surface area contributed by atoms with Gasteiger partial charge >= 0.3 is 0 Å². The molecule has 0 aromatic rings. The van der Waals surface area contributed by atoms with Crippen LogP contribution >= 0.6 is 0 Å². The number of hydrogen-bond donors (Lipinski definition) is 1. The molecule has 0 saturated carbocycles. The molecule has 0 rings (SSSR count). The molecular weight excluding hydrogens is 164 g/mol. The number of rotatable bonds is 7. The molecule has 0 heterocycles. The Balaban J connectivity index is 3.83. The molecule has 0 aliphatic rings. The third-order valence-corrected chi connectivity index (χ3v) is 1.92. The second kappa shape index (κ2) is 6.64. The summed E-state index contributed by atoms with van der Waals surface area (Å²) in [6, 6.07) is 2.26. The molecular formula is C10H18N2O. The highest BCUT2D eigenvalue weighted by Gasteiger charge is 2.21. The van der Waals surface area contributed by atoms with Crippen molar-refractivity contribution < 1.29 is 4.74 Å². The van der Waals surface area contributed by atoms with E-state index >= 15 is 0 Å². The summed E-state index contributed by atoms with van der Waals surface area (Å²) in [6.07, 6.45) is 3.47. The van der Waals surface area contributed by atoms with E-state index in [2.05, 4.69) is 18.0 Å². The quantitative estimate of drug-likeness (QED) is 0.479. The van der Waals surface area contributed by atoms with Gasteiger partial charge in [-0.15, -0.1) is 6.58 Å². The van der Waals surface area contributed by atoms with Crippen molar-refractivity contribution in [1.29, 1.82) is 5.26 Å². The summed E-state index contributed by atoms with van der Waals surface area (Å²) >= 11 is 0. The average molecular weight is 182 g/mol. The van der Waals surface area contributed by atoms with Crippen LogP contribution in [0, 0.1) is 11.3 Å². The van der Waals surface area contributed by atoms with Gasteiger partial charge in [-0.05, 0) is 19.8 Å². The number of allylic oxidation sites excluding steroid dienone is 1. The minimum atomic E-state index is -0.452. The molecule has 3 heteroatoms. The second-order valence-electron chi connectivity index (χ2n) is 3.19. The van der Waals surface area contributed by atoms with Gasteiger partial charge in [0.2, 0.25) is 0 Å². The van der Waals surface area contributed by atoms with Crippen LogP contribution in [0.1, 0.15) is 19.8 Å². The number of nitriles is 1. The molecule has 0 radical (unpaired) electrons. The van der Waals surface area contributed by atoms with Gasteiger partial charge in [0.15, 0.2) is 0 Å². The van der Waals surface area contributed by atoms with Gasteiger partial charge in [-0.3, -0.25) is 5.32 Å². The van der Waals surface area contributed by atoms with Crippen LogP contribution in [0.25, 0.3) is 0 Å². The molecule has 3 nitrogen and oxygen atoms in total. The van der Waals surface area contributed by atoms with Crippen molar-refractivity contribution in [3.8, 4) is 6.07 Å². The van der Waals surface area contributed by atoms with Gasteiger partial charge in [0, 0.05) is 13.7 Å². The van der Waals surface area contributed by atoms with Gasteiger partial charge in [-0.2, -0.15) is 5.26 Å². The molecule has 0 aliphatic heterocycles. The summed E-state index contributed by atoms with van der Waals surface area (Å²) in [6.45, 7) is 6.86. The Morgan fingerprint density at radius 1 is 1.69 bits per heavy atom. The van der Waals surface area contributed by atoms with Crippen LogP contribution in [0.5, 0.6) is 0 Å². The molecule has 1 N–H and O–H groups in total. The number of methoxy groups -OCH3 is 1. The summed E-state index contributed by atoms with van der Waals surface area (Å²) in [4.78, 5) is 0. The minimum Gasteiger partial charge on any atom is -0.383 e. The lowest BCUT2D eigenvalue weighted by molar-refractivity contribution is 0.191. The molecule has 0 amide bonds. The summed E-state index contributed by atoms with van der Waals surface area (Å²) in [5.41, 5.74) is -0.452. The van der Waals surface area contributed by atoms with Crippen molar-refractivity contribution >= 4 is 0 Å². The van der Waals surface area contributed by atoms with Crippen LogP contribution in [-0.4, -0.2) is 25.8 Å². The van der Waals surface area contributed by atoms with E-state index in [0.29, 0.717) is 13.2 Å². The number of nitrogens with one attached hydrogen (secondary N) is 1. The summed E-state index contributed by atoms with van der Waals surface area (Å²) in [5.74, 6) is 0.